The summed E-state index contributed by atoms with van der Waals surface area (Å²) in [6.07, 6.45) is 5.31. The van der Waals surface area contributed by atoms with Crippen molar-refractivity contribution in [1.29, 1.82) is 0 Å². The van der Waals surface area contributed by atoms with Gasteiger partial charge in [0.2, 0.25) is 5.51 Å². The van der Waals surface area contributed by atoms with E-state index in [1.807, 2.05) is 19.4 Å². The van der Waals surface area contributed by atoms with Crippen LogP contribution in [0.25, 0.3) is 0 Å². The number of thiazole rings is 1. The summed E-state index contributed by atoms with van der Waals surface area (Å²) in [5, 5.41) is 17.3. The van der Waals surface area contributed by atoms with Gasteiger partial charge in [0.15, 0.2) is 12.2 Å². The van der Waals surface area contributed by atoms with Gasteiger partial charge in [0.05, 0.1) is 16.0 Å². The first-order chi connectivity index (χ1) is 12.9. The van der Waals surface area contributed by atoms with Crippen molar-refractivity contribution >= 4 is 23.1 Å². The number of anilines is 1. The van der Waals surface area contributed by atoms with E-state index in [0.29, 0.717) is 24.6 Å². The molecule has 10 heteroatoms. The fourth-order valence-corrected chi connectivity index (χ4v) is 3.24. The number of carboxylic acids is 1. The summed E-state index contributed by atoms with van der Waals surface area (Å²) in [7, 11) is 0. The van der Waals surface area contributed by atoms with Crippen LogP contribution < -0.4 is 22.7 Å². The van der Waals surface area contributed by atoms with Crippen LogP contribution in [0.1, 0.15) is 32.3 Å². The number of aromatic carboxylic acids is 1. The van der Waals surface area contributed by atoms with E-state index in [9.17, 15) is 4.79 Å². The minimum atomic E-state index is -0.942. The number of nitrogen functional groups attached to an aromatic ring is 1. The molecule has 150 valence electrons. The van der Waals surface area contributed by atoms with Crippen LogP contribution >= 0.6 is 11.3 Å². The van der Waals surface area contributed by atoms with Crippen LogP contribution in [0.15, 0.2) is 36.2 Å². The summed E-state index contributed by atoms with van der Waals surface area (Å²) in [6.45, 7) is 4.71. The van der Waals surface area contributed by atoms with Crippen molar-refractivity contribution in [3.8, 4) is 0 Å². The first kappa shape index (κ1) is 23.4. The highest BCUT2D eigenvalue weighted by Gasteiger charge is 2.17. The number of aromatic nitrogens is 4. The lowest BCUT2D eigenvalue weighted by Gasteiger charge is -2.01. The number of carbonyl (C=O) groups is 1. The number of aliphatic hydroxyl groups excluding tert-OH is 1. The zero-order valence-electron chi connectivity index (χ0n) is 15.5. The van der Waals surface area contributed by atoms with E-state index in [1.165, 1.54) is 23.3 Å². The number of halogens is 1. The van der Waals surface area contributed by atoms with Gasteiger partial charge in [-0.2, -0.15) is 4.57 Å². The van der Waals surface area contributed by atoms with E-state index in [4.69, 9.17) is 15.9 Å². The quantitative estimate of drug-likeness (QED) is 0.421. The number of nitrogens with zero attached hydrogens (tertiary/aromatic N) is 4. The molecule has 3 rings (SSSR count). The topological polar surface area (TPSA) is 126 Å². The normalized spacial score (nSPS) is 9.82. The molecule has 0 bridgehead atoms. The summed E-state index contributed by atoms with van der Waals surface area (Å²) >= 11 is 1.65. The van der Waals surface area contributed by atoms with Crippen LogP contribution in [-0.4, -0.2) is 37.7 Å². The van der Waals surface area contributed by atoms with E-state index < -0.39 is 5.97 Å². The zero-order chi connectivity index (χ0) is 19.8. The molecule has 0 spiro atoms. The van der Waals surface area contributed by atoms with Gasteiger partial charge in [-0.3, -0.25) is 4.98 Å². The predicted molar refractivity (Wildman–Crippen MR) is 102 cm³/mol. The van der Waals surface area contributed by atoms with Crippen molar-refractivity contribution < 1.29 is 32.0 Å². The van der Waals surface area contributed by atoms with Crippen molar-refractivity contribution in [3.05, 3.63) is 63.8 Å². The summed E-state index contributed by atoms with van der Waals surface area (Å²) in [5.41, 5.74) is 10.2. The summed E-state index contributed by atoms with van der Waals surface area (Å²) in [6, 6.07) is 3.08. The van der Waals surface area contributed by atoms with Gasteiger partial charge in [-0.1, -0.05) is 11.3 Å². The number of nitrogens with two attached hydrogens (primary N) is 1. The highest BCUT2D eigenvalue weighted by molar-refractivity contribution is 7.09. The molecule has 3 heterocycles. The molecular formula is C18H22ClN5O3S. The second-order valence-electron chi connectivity index (χ2n) is 5.71. The number of aliphatic hydroxyl groups is 1. The Kier molecular flexibility index (Phi) is 9.43. The van der Waals surface area contributed by atoms with Crippen LogP contribution in [0.2, 0.25) is 0 Å². The standard InChI is InChI=1S/C12H17N4OS.C6H5NO2.ClH/c1-8-11(3-4-17)18-7-16(8)6-10-5-14-9(2)15-12(10)13;8-6(9)5-2-1-3-7-4-5;/h5,7,17H,3-4,6H2,1-2H3,(H2,13,14,15);1-4H,(H,8,9);1H/q+1;;/p-1. The Morgan fingerprint density at radius 1 is 1.32 bits per heavy atom. The van der Waals surface area contributed by atoms with E-state index in [0.717, 1.165) is 11.3 Å². The first-order valence-electron chi connectivity index (χ1n) is 8.21. The maximum atomic E-state index is 10.2. The molecule has 0 aliphatic heterocycles. The molecule has 3 aromatic rings. The molecule has 0 aliphatic carbocycles. The van der Waals surface area contributed by atoms with Gasteiger partial charge in [0, 0.05) is 38.5 Å². The number of rotatable bonds is 5. The van der Waals surface area contributed by atoms with E-state index in [-0.39, 0.29) is 24.6 Å². The van der Waals surface area contributed by atoms with Crippen molar-refractivity contribution in [2.45, 2.75) is 26.8 Å². The summed E-state index contributed by atoms with van der Waals surface area (Å²) in [5.74, 6) is 0.275. The SMILES string of the molecule is Cc1ncc(C[n+]2csc(CCO)c2C)c(N)n1.O=C(O)c1cccnc1.[Cl-]. The Morgan fingerprint density at radius 3 is 2.61 bits per heavy atom. The lowest BCUT2D eigenvalue weighted by molar-refractivity contribution is -0.689. The molecule has 0 fully saturated rings. The third kappa shape index (κ3) is 6.52. The van der Waals surface area contributed by atoms with Gasteiger partial charge in [-0.25, -0.2) is 14.8 Å². The van der Waals surface area contributed by atoms with Crippen molar-refractivity contribution in [1.82, 2.24) is 15.0 Å². The Balaban J connectivity index is 0.000000332. The summed E-state index contributed by atoms with van der Waals surface area (Å²) in [4.78, 5) is 23.3. The van der Waals surface area contributed by atoms with Crippen LogP contribution in [-0.2, 0) is 13.0 Å². The monoisotopic (exact) mass is 423 g/mol. The highest BCUT2D eigenvalue weighted by Crippen LogP contribution is 2.13. The predicted octanol–water partition coefficient (Wildman–Crippen LogP) is -1.61. The maximum Gasteiger partial charge on any atom is 0.337 e. The first-order valence-corrected chi connectivity index (χ1v) is 9.09. The van der Waals surface area contributed by atoms with Crippen molar-refractivity contribution in [2.24, 2.45) is 0 Å². The van der Waals surface area contributed by atoms with E-state index in [1.54, 1.807) is 23.6 Å². The molecule has 28 heavy (non-hydrogen) atoms. The lowest BCUT2D eigenvalue weighted by atomic mass is 10.2. The second-order valence-corrected chi connectivity index (χ2v) is 6.65. The zero-order valence-corrected chi connectivity index (χ0v) is 17.1. The smallest absolute Gasteiger partial charge is 0.337 e. The molecule has 0 atom stereocenters. The maximum absolute atomic E-state index is 10.2. The Morgan fingerprint density at radius 2 is 2.07 bits per heavy atom. The number of hydrogen-bond acceptors (Lipinski definition) is 7. The largest absolute Gasteiger partial charge is 1.00 e. The Labute approximate surface area is 173 Å². The molecule has 3 aromatic heterocycles. The third-order valence-electron chi connectivity index (χ3n) is 3.76. The molecule has 4 N–H and O–H groups in total. The summed E-state index contributed by atoms with van der Waals surface area (Å²) < 4.78 is 2.11. The molecule has 0 aromatic carbocycles. The number of carboxylic acid groups (broad SMARTS) is 1. The second kappa shape index (κ2) is 11.3. The fourth-order valence-electron chi connectivity index (χ4n) is 2.26. The van der Waals surface area contributed by atoms with Crippen molar-refractivity contribution in [3.63, 3.8) is 0 Å². The average molecular weight is 424 g/mol. The van der Waals surface area contributed by atoms with Gasteiger partial charge < -0.3 is 28.4 Å². The van der Waals surface area contributed by atoms with Crippen LogP contribution in [0.4, 0.5) is 5.82 Å². The van der Waals surface area contributed by atoms with Crippen LogP contribution in [0.5, 0.6) is 0 Å². The molecule has 0 saturated heterocycles. The third-order valence-corrected chi connectivity index (χ3v) is 4.91. The fraction of sp³-hybridized carbons (Fsp3) is 0.278. The molecule has 0 saturated carbocycles. The molecule has 0 aliphatic rings. The Bertz CT molecular complexity index is 905. The molecule has 0 unspecified atom stereocenters. The number of hydrogen-bond donors (Lipinski definition) is 3. The molecule has 0 amide bonds. The van der Waals surface area contributed by atoms with Gasteiger partial charge in [0.25, 0.3) is 0 Å². The van der Waals surface area contributed by atoms with Gasteiger partial charge in [-0.15, -0.1) is 0 Å². The van der Waals surface area contributed by atoms with Crippen LogP contribution in [0.3, 0.4) is 0 Å². The number of pyridine rings is 1. The van der Waals surface area contributed by atoms with Gasteiger partial charge >= 0.3 is 5.97 Å². The lowest BCUT2D eigenvalue weighted by Crippen LogP contribution is -3.00. The van der Waals surface area contributed by atoms with Gasteiger partial charge in [0.1, 0.15) is 11.6 Å². The van der Waals surface area contributed by atoms with Crippen molar-refractivity contribution in [2.75, 3.05) is 12.3 Å². The van der Waals surface area contributed by atoms with E-state index in [2.05, 4.69) is 19.5 Å². The van der Waals surface area contributed by atoms with E-state index >= 15 is 0 Å². The number of aryl methyl sites for hydroxylation is 1. The molecular weight excluding hydrogens is 402 g/mol. The average Bonchev–Trinajstić information content (AvgIpc) is 2.99. The minimum absolute atomic E-state index is 0. The van der Waals surface area contributed by atoms with Crippen LogP contribution in [0, 0.1) is 13.8 Å². The Hall–Kier alpha value is -2.62. The molecule has 8 nitrogen and oxygen atoms in total. The minimum Gasteiger partial charge on any atom is -1.00 e. The van der Waals surface area contributed by atoms with Gasteiger partial charge in [-0.05, 0) is 19.1 Å². The highest BCUT2D eigenvalue weighted by atomic mass is 35.5. The molecule has 0 radical (unpaired) electrons.